The zero-order valence-electron chi connectivity index (χ0n) is 9.92. The number of carbonyl (C=O) groups excluding carboxylic acids is 1. The van der Waals surface area contributed by atoms with Crippen molar-refractivity contribution in [1.82, 2.24) is 19.5 Å². The van der Waals surface area contributed by atoms with Crippen molar-refractivity contribution in [3.05, 3.63) is 46.6 Å². The summed E-state index contributed by atoms with van der Waals surface area (Å²) in [5, 5.41) is 0.814. The molecule has 8 heteroatoms. The van der Waals surface area contributed by atoms with Crippen LogP contribution < -0.4 is 5.73 Å². The van der Waals surface area contributed by atoms with Gasteiger partial charge in [-0.1, -0.05) is 23.2 Å². The van der Waals surface area contributed by atoms with Gasteiger partial charge in [-0.25, -0.2) is 9.97 Å². The van der Waals surface area contributed by atoms with E-state index >= 15 is 0 Å². The monoisotopic (exact) mass is 307 g/mol. The number of nitrogens with two attached hydrogens (primary N) is 1. The Morgan fingerprint density at radius 1 is 1.15 bits per heavy atom. The fraction of sp³-hybridized carbons (Fsp3) is 0. The number of rotatable bonds is 2. The molecule has 0 aliphatic rings. The Bertz CT molecular complexity index is 830. The van der Waals surface area contributed by atoms with Gasteiger partial charge in [0.1, 0.15) is 12.0 Å². The number of primary amides is 1. The molecule has 0 bridgehead atoms. The summed E-state index contributed by atoms with van der Waals surface area (Å²) in [6, 6.07) is 3.26. The van der Waals surface area contributed by atoms with Crippen LogP contribution in [0.4, 0.5) is 0 Å². The van der Waals surface area contributed by atoms with E-state index in [1.165, 1.54) is 12.5 Å². The van der Waals surface area contributed by atoms with Gasteiger partial charge < -0.3 is 5.73 Å². The number of aromatic nitrogens is 4. The fourth-order valence-electron chi connectivity index (χ4n) is 1.70. The number of nitrogens with zero attached hydrogens (tertiary/aromatic N) is 4. The maximum absolute atomic E-state index is 11.0. The van der Waals surface area contributed by atoms with E-state index in [1.54, 1.807) is 22.9 Å². The first kappa shape index (κ1) is 12.8. The van der Waals surface area contributed by atoms with Gasteiger partial charge in [0.05, 0.1) is 27.3 Å². The minimum Gasteiger partial charge on any atom is -0.364 e. The number of halogens is 2. The van der Waals surface area contributed by atoms with Crippen molar-refractivity contribution in [1.29, 1.82) is 0 Å². The van der Waals surface area contributed by atoms with E-state index in [9.17, 15) is 4.79 Å². The first-order valence-electron chi connectivity index (χ1n) is 5.50. The van der Waals surface area contributed by atoms with E-state index in [-0.39, 0.29) is 5.69 Å². The molecule has 6 nitrogen and oxygen atoms in total. The number of benzene rings is 1. The van der Waals surface area contributed by atoms with Crippen LogP contribution in [0.2, 0.25) is 10.0 Å². The number of fused-ring (bicyclic) bond motifs is 1. The molecule has 0 radical (unpaired) electrons. The zero-order chi connectivity index (χ0) is 14.3. The maximum atomic E-state index is 11.0. The maximum Gasteiger partial charge on any atom is 0.268 e. The van der Waals surface area contributed by atoms with Crippen molar-refractivity contribution in [2.45, 2.75) is 0 Å². The Morgan fingerprint density at radius 3 is 2.50 bits per heavy atom. The van der Waals surface area contributed by atoms with Gasteiger partial charge in [0.15, 0.2) is 5.82 Å². The molecule has 1 aromatic carbocycles. The number of carbonyl (C=O) groups is 1. The van der Waals surface area contributed by atoms with Crippen LogP contribution in [0.15, 0.2) is 30.9 Å². The molecule has 2 aromatic heterocycles. The molecule has 0 aliphatic carbocycles. The lowest BCUT2D eigenvalue weighted by molar-refractivity contribution is 0.0996. The van der Waals surface area contributed by atoms with Gasteiger partial charge in [-0.05, 0) is 12.1 Å². The van der Waals surface area contributed by atoms with Gasteiger partial charge in [0, 0.05) is 6.20 Å². The smallest absolute Gasteiger partial charge is 0.268 e. The molecule has 0 atom stereocenters. The van der Waals surface area contributed by atoms with E-state index < -0.39 is 5.91 Å². The largest absolute Gasteiger partial charge is 0.364 e. The summed E-state index contributed by atoms with van der Waals surface area (Å²) in [6.07, 6.45) is 4.46. The molecular weight excluding hydrogens is 301 g/mol. The number of hydrogen-bond acceptors (Lipinski definition) is 4. The van der Waals surface area contributed by atoms with E-state index in [1.807, 2.05) is 0 Å². The molecule has 0 saturated heterocycles. The van der Waals surface area contributed by atoms with Crippen LogP contribution in [0.1, 0.15) is 10.5 Å². The van der Waals surface area contributed by atoms with Crippen LogP contribution in [-0.4, -0.2) is 25.4 Å². The number of imidazole rings is 1. The molecule has 20 heavy (non-hydrogen) atoms. The Balaban J connectivity index is 2.12. The van der Waals surface area contributed by atoms with Crippen LogP contribution in [0.25, 0.3) is 16.9 Å². The minimum atomic E-state index is -0.604. The van der Waals surface area contributed by atoms with Crippen molar-refractivity contribution in [3.8, 4) is 5.82 Å². The summed E-state index contributed by atoms with van der Waals surface area (Å²) in [6.45, 7) is 0. The number of amides is 1. The normalized spacial score (nSPS) is 10.9. The fourth-order valence-corrected chi connectivity index (χ4v) is 2.01. The van der Waals surface area contributed by atoms with Gasteiger partial charge in [-0.2, -0.15) is 0 Å². The Labute approximate surface area is 123 Å². The third kappa shape index (κ3) is 2.19. The summed E-state index contributed by atoms with van der Waals surface area (Å²) < 4.78 is 1.55. The molecule has 3 rings (SSSR count). The zero-order valence-corrected chi connectivity index (χ0v) is 11.4. The highest BCUT2D eigenvalue weighted by Crippen LogP contribution is 2.26. The van der Waals surface area contributed by atoms with Crippen LogP contribution in [-0.2, 0) is 0 Å². The Morgan fingerprint density at radius 2 is 1.85 bits per heavy atom. The third-order valence-corrected chi connectivity index (χ3v) is 3.39. The second-order valence-corrected chi connectivity index (χ2v) is 4.83. The van der Waals surface area contributed by atoms with Gasteiger partial charge in [-0.3, -0.25) is 14.3 Å². The second kappa shape index (κ2) is 4.73. The van der Waals surface area contributed by atoms with Crippen molar-refractivity contribution in [3.63, 3.8) is 0 Å². The minimum absolute atomic E-state index is 0.154. The summed E-state index contributed by atoms with van der Waals surface area (Å²) in [5.41, 5.74) is 6.52. The lowest BCUT2D eigenvalue weighted by Gasteiger charge is -2.04. The van der Waals surface area contributed by atoms with Gasteiger partial charge in [-0.15, -0.1) is 0 Å². The highest BCUT2D eigenvalue weighted by molar-refractivity contribution is 6.42. The quantitative estimate of drug-likeness (QED) is 0.786. The second-order valence-electron chi connectivity index (χ2n) is 4.01. The molecule has 100 valence electrons. The van der Waals surface area contributed by atoms with E-state index in [4.69, 9.17) is 28.9 Å². The van der Waals surface area contributed by atoms with Crippen molar-refractivity contribution in [2.75, 3.05) is 0 Å². The molecule has 3 aromatic rings. The predicted octanol–water partition coefficient (Wildman–Crippen LogP) is 2.22. The van der Waals surface area contributed by atoms with Crippen LogP contribution in [0.5, 0.6) is 0 Å². The van der Waals surface area contributed by atoms with E-state index in [0.29, 0.717) is 26.9 Å². The van der Waals surface area contributed by atoms with Crippen molar-refractivity contribution < 1.29 is 4.79 Å². The topological polar surface area (TPSA) is 86.7 Å². The summed E-state index contributed by atoms with van der Waals surface area (Å²) in [7, 11) is 0. The molecule has 0 saturated carbocycles. The van der Waals surface area contributed by atoms with Crippen LogP contribution >= 0.6 is 23.2 Å². The van der Waals surface area contributed by atoms with Gasteiger partial charge in [0.25, 0.3) is 5.91 Å². The SMILES string of the molecule is NC(=O)c1cn(-c2cnc3cc(Cl)c(Cl)cc3n2)cn1. The molecule has 0 unspecified atom stereocenters. The lowest BCUT2D eigenvalue weighted by Crippen LogP contribution is -2.11. The average molecular weight is 308 g/mol. The van der Waals surface area contributed by atoms with Gasteiger partial charge >= 0.3 is 0 Å². The highest BCUT2D eigenvalue weighted by atomic mass is 35.5. The lowest BCUT2D eigenvalue weighted by atomic mass is 10.3. The number of hydrogen-bond donors (Lipinski definition) is 1. The first-order valence-corrected chi connectivity index (χ1v) is 6.26. The molecule has 0 aliphatic heterocycles. The van der Waals surface area contributed by atoms with Crippen molar-refractivity contribution in [2.24, 2.45) is 5.73 Å². The predicted molar refractivity (Wildman–Crippen MR) is 75.2 cm³/mol. The summed E-state index contributed by atoms with van der Waals surface area (Å²) in [4.78, 5) is 23.5. The van der Waals surface area contributed by atoms with E-state index in [0.717, 1.165) is 0 Å². The average Bonchev–Trinajstić information content (AvgIpc) is 2.89. The summed E-state index contributed by atoms with van der Waals surface area (Å²) in [5.74, 6) is -0.108. The molecular formula is C12H7Cl2N5O. The molecule has 0 spiro atoms. The van der Waals surface area contributed by atoms with Gasteiger partial charge in [0.2, 0.25) is 0 Å². The van der Waals surface area contributed by atoms with Crippen LogP contribution in [0, 0.1) is 0 Å². The first-order chi connectivity index (χ1) is 9.54. The third-order valence-electron chi connectivity index (χ3n) is 2.67. The van der Waals surface area contributed by atoms with Crippen molar-refractivity contribution >= 4 is 40.1 Å². The Hall–Kier alpha value is -2.18. The standard InChI is InChI=1S/C12H7Cl2N5O/c13-6-1-8-9(2-7(6)14)18-11(3-16-8)19-4-10(12(15)20)17-5-19/h1-5H,(H2,15,20). The molecule has 0 fully saturated rings. The van der Waals surface area contributed by atoms with Crippen LogP contribution in [0.3, 0.4) is 0 Å². The Kier molecular flexibility index (Phi) is 3.04. The van der Waals surface area contributed by atoms with E-state index in [2.05, 4.69) is 15.0 Å². The molecule has 2 N–H and O–H groups in total. The molecule has 1 amide bonds. The summed E-state index contributed by atoms with van der Waals surface area (Å²) >= 11 is 11.9. The molecule has 2 heterocycles. The highest BCUT2D eigenvalue weighted by Gasteiger charge is 2.09.